The zero-order valence-corrected chi connectivity index (χ0v) is 14.0. The second-order valence-electron chi connectivity index (χ2n) is 7.53. The zero-order chi connectivity index (χ0) is 15.6. The Morgan fingerprint density at radius 2 is 1.95 bits per heavy atom. The number of hydrogen-bond donors (Lipinski definition) is 1. The van der Waals surface area contributed by atoms with Gasteiger partial charge in [-0.05, 0) is 65.5 Å². The summed E-state index contributed by atoms with van der Waals surface area (Å²) in [4.78, 5) is 2.36. The van der Waals surface area contributed by atoms with Crippen molar-refractivity contribution in [1.82, 2.24) is 5.32 Å². The van der Waals surface area contributed by atoms with Crippen LogP contribution >= 0.6 is 0 Å². The molecule has 1 fully saturated rings. The highest BCUT2D eigenvalue weighted by Gasteiger charge is 2.27. The third-order valence-electron chi connectivity index (χ3n) is 3.97. The molecule has 1 aromatic carbocycles. The highest BCUT2D eigenvalue weighted by atomic mass is 19.1. The van der Waals surface area contributed by atoms with Crippen molar-refractivity contribution < 1.29 is 4.39 Å². The molecule has 21 heavy (non-hydrogen) atoms. The van der Waals surface area contributed by atoms with Crippen LogP contribution in [0.25, 0.3) is 0 Å². The Kier molecular flexibility index (Phi) is 4.92. The minimum absolute atomic E-state index is 0.0152. The molecule has 1 N–H and O–H groups in total. The second kappa shape index (κ2) is 6.35. The lowest BCUT2D eigenvalue weighted by Gasteiger charge is -2.32. The molecule has 0 aromatic heterocycles. The fraction of sp³-hybridized carbons (Fsp3) is 0.667. The van der Waals surface area contributed by atoms with Crippen molar-refractivity contribution in [3.63, 3.8) is 0 Å². The van der Waals surface area contributed by atoms with Crippen LogP contribution in [0.15, 0.2) is 18.2 Å². The van der Waals surface area contributed by atoms with Gasteiger partial charge in [-0.25, -0.2) is 4.39 Å². The van der Waals surface area contributed by atoms with Crippen LogP contribution in [0.5, 0.6) is 0 Å². The Morgan fingerprint density at radius 3 is 2.48 bits per heavy atom. The Labute approximate surface area is 128 Å². The summed E-state index contributed by atoms with van der Waals surface area (Å²) in [6, 6.07) is 5.85. The lowest BCUT2D eigenvalue weighted by Crippen LogP contribution is -2.37. The van der Waals surface area contributed by atoms with Crippen molar-refractivity contribution in [3.05, 3.63) is 29.6 Å². The molecule has 0 spiro atoms. The van der Waals surface area contributed by atoms with E-state index in [9.17, 15) is 4.39 Å². The molecule has 1 saturated carbocycles. The molecule has 0 heterocycles. The average Bonchev–Trinajstić information content (AvgIpc) is 3.16. The molecule has 0 unspecified atom stereocenters. The van der Waals surface area contributed by atoms with Crippen LogP contribution in [0.4, 0.5) is 10.1 Å². The van der Waals surface area contributed by atoms with Crippen molar-refractivity contribution in [1.29, 1.82) is 0 Å². The summed E-state index contributed by atoms with van der Waals surface area (Å²) in [5.74, 6) is 0.685. The molecule has 0 aliphatic heterocycles. The first kappa shape index (κ1) is 16.3. The molecule has 0 atom stereocenters. The molecular weight excluding hydrogens is 263 g/mol. The molecule has 0 saturated heterocycles. The third-order valence-corrected chi connectivity index (χ3v) is 3.97. The molecule has 0 bridgehead atoms. The van der Waals surface area contributed by atoms with E-state index < -0.39 is 0 Å². The molecule has 118 valence electrons. The molecule has 1 aromatic rings. The van der Waals surface area contributed by atoms with E-state index in [1.165, 1.54) is 12.8 Å². The van der Waals surface area contributed by atoms with Crippen LogP contribution in [0.2, 0.25) is 0 Å². The maximum absolute atomic E-state index is 14.3. The maximum Gasteiger partial charge on any atom is 0.129 e. The van der Waals surface area contributed by atoms with Gasteiger partial charge in [0.15, 0.2) is 0 Å². The van der Waals surface area contributed by atoms with E-state index >= 15 is 0 Å². The summed E-state index contributed by atoms with van der Waals surface area (Å²) < 4.78 is 14.3. The standard InChI is InChI=1S/C18H29FN2/c1-13(2)21(12-14-9-10-14)17-8-6-7-16(19)15(17)11-20-18(3,4)5/h6-8,13-14,20H,9-12H2,1-5H3. The average molecular weight is 292 g/mol. The normalized spacial score (nSPS) is 15.6. The maximum atomic E-state index is 14.3. The number of halogens is 1. The lowest BCUT2D eigenvalue weighted by molar-refractivity contribution is 0.418. The van der Waals surface area contributed by atoms with E-state index in [0.29, 0.717) is 12.6 Å². The molecule has 2 rings (SSSR count). The van der Waals surface area contributed by atoms with Gasteiger partial charge in [-0.15, -0.1) is 0 Å². The molecule has 0 radical (unpaired) electrons. The summed E-state index contributed by atoms with van der Waals surface area (Å²) in [6.45, 7) is 12.3. The van der Waals surface area contributed by atoms with E-state index in [1.54, 1.807) is 6.07 Å². The van der Waals surface area contributed by atoms with Crippen LogP contribution in [-0.2, 0) is 6.54 Å². The van der Waals surface area contributed by atoms with Crippen LogP contribution < -0.4 is 10.2 Å². The van der Waals surface area contributed by atoms with E-state index in [2.05, 4.69) is 50.9 Å². The Balaban J connectivity index is 2.25. The first-order valence-electron chi connectivity index (χ1n) is 8.07. The van der Waals surface area contributed by atoms with Crippen molar-refractivity contribution in [2.24, 2.45) is 5.92 Å². The van der Waals surface area contributed by atoms with Crippen LogP contribution in [0.3, 0.4) is 0 Å². The second-order valence-corrected chi connectivity index (χ2v) is 7.53. The topological polar surface area (TPSA) is 15.3 Å². The van der Waals surface area contributed by atoms with E-state index in [4.69, 9.17) is 0 Å². The number of hydrogen-bond acceptors (Lipinski definition) is 2. The lowest BCUT2D eigenvalue weighted by atomic mass is 10.1. The molecular formula is C18H29FN2. The van der Waals surface area contributed by atoms with Crippen LogP contribution in [-0.4, -0.2) is 18.1 Å². The van der Waals surface area contributed by atoms with Crippen molar-refractivity contribution in [3.8, 4) is 0 Å². The van der Waals surface area contributed by atoms with Crippen molar-refractivity contribution in [2.45, 2.75) is 65.6 Å². The van der Waals surface area contributed by atoms with Gasteiger partial charge in [0.25, 0.3) is 0 Å². The summed E-state index contributed by atoms with van der Waals surface area (Å²) >= 11 is 0. The monoisotopic (exact) mass is 292 g/mol. The van der Waals surface area contributed by atoms with E-state index in [0.717, 1.165) is 23.7 Å². The predicted octanol–water partition coefficient (Wildman–Crippen LogP) is 4.34. The van der Waals surface area contributed by atoms with Gasteiger partial charge in [-0.3, -0.25) is 0 Å². The predicted molar refractivity (Wildman–Crippen MR) is 88.2 cm³/mol. The van der Waals surface area contributed by atoms with Crippen LogP contribution in [0, 0.1) is 11.7 Å². The minimum Gasteiger partial charge on any atom is -0.368 e. The largest absolute Gasteiger partial charge is 0.368 e. The van der Waals surface area contributed by atoms with Crippen molar-refractivity contribution >= 4 is 5.69 Å². The van der Waals surface area contributed by atoms with Gasteiger partial charge in [-0.1, -0.05) is 6.07 Å². The summed E-state index contributed by atoms with van der Waals surface area (Å²) in [6.07, 6.45) is 2.63. The highest BCUT2D eigenvalue weighted by molar-refractivity contribution is 5.55. The van der Waals surface area contributed by atoms with Crippen molar-refractivity contribution in [2.75, 3.05) is 11.4 Å². The zero-order valence-electron chi connectivity index (χ0n) is 14.0. The smallest absolute Gasteiger partial charge is 0.129 e. The first-order valence-corrected chi connectivity index (χ1v) is 8.07. The van der Waals surface area contributed by atoms with Gasteiger partial charge in [0.05, 0.1) is 0 Å². The highest BCUT2D eigenvalue weighted by Crippen LogP contribution is 2.34. The Bertz CT molecular complexity index is 473. The van der Waals surface area contributed by atoms with Gasteiger partial charge in [0.1, 0.15) is 5.82 Å². The Morgan fingerprint density at radius 1 is 1.29 bits per heavy atom. The fourth-order valence-electron chi connectivity index (χ4n) is 2.51. The molecule has 1 aliphatic carbocycles. The third kappa shape index (κ3) is 4.70. The summed E-state index contributed by atoms with van der Waals surface area (Å²) in [7, 11) is 0. The molecule has 2 nitrogen and oxygen atoms in total. The van der Waals surface area contributed by atoms with E-state index in [1.807, 2.05) is 6.07 Å². The van der Waals surface area contributed by atoms with E-state index in [-0.39, 0.29) is 11.4 Å². The molecule has 0 amide bonds. The molecule has 1 aliphatic rings. The van der Waals surface area contributed by atoms with Crippen LogP contribution in [0.1, 0.15) is 53.0 Å². The SMILES string of the molecule is CC(C)N(CC1CC1)c1cccc(F)c1CNC(C)(C)C. The fourth-order valence-corrected chi connectivity index (χ4v) is 2.51. The molecule has 3 heteroatoms. The number of anilines is 1. The van der Waals surface area contributed by atoms with Gasteiger partial charge >= 0.3 is 0 Å². The van der Waals surface area contributed by atoms with Gasteiger partial charge < -0.3 is 10.2 Å². The van der Waals surface area contributed by atoms with Gasteiger partial charge in [0, 0.05) is 35.9 Å². The quantitative estimate of drug-likeness (QED) is 0.839. The summed E-state index contributed by atoms with van der Waals surface area (Å²) in [5, 5.41) is 3.42. The van der Waals surface area contributed by atoms with Gasteiger partial charge in [0.2, 0.25) is 0 Å². The number of nitrogens with zero attached hydrogens (tertiary/aromatic N) is 1. The Hall–Kier alpha value is -1.09. The van der Waals surface area contributed by atoms with Gasteiger partial charge in [-0.2, -0.15) is 0 Å². The minimum atomic E-state index is -0.106. The first-order chi connectivity index (χ1) is 9.78. The number of rotatable bonds is 6. The summed E-state index contributed by atoms with van der Waals surface area (Å²) in [5.41, 5.74) is 1.83. The number of nitrogens with one attached hydrogen (secondary N) is 1. The number of benzene rings is 1.